The lowest BCUT2D eigenvalue weighted by Gasteiger charge is -2.12. The number of carbonyl (C=O) groups is 1. The molecule has 29 heavy (non-hydrogen) atoms. The van der Waals surface area contributed by atoms with Crippen molar-refractivity contribution in [3.63, 3.8) is 0 Å². The first-order valence-electron chi connectivity index (χ1n) is 10.2. The van der Waals surface area contributed by atoms with Gasteiger partial charge < -0.3 is 15.5 Å². The van der Waals surface area contributed by atoms with Gasteiger partial charge in [0.15, 0.2) is 5.65 Å². The summed E-state index contributed by atoms with van der Waals surface area (Å²) in [5.74, 6) is 0.454. The number of carbonyl (C=O) groups excluding carboxylic acids is 1. The maximum absolute atomic E-state index is 12.3. The summed E-state index contributed by atoms with van der Waals surface area (Å²) in [5, 5.41) is 12.4. The second kappa shape index (κ2) is 8.61. The van der Waals surface area contributed by atoms with Crippen LogP contribution < -0.4 is 15.5 Å². The van der Waals surface area contributed by atoms with Crippen molar-refractivity contribution in [2.75, 3.05) is 38.6 Å². The van der Waals surface area contributed by atoms with E-state index in [9.17, 15) is 4.79 Å². The SMILES string of the molecule is CN(C)c1ccc(CC(=O)NCCn2nc([C@H]3CCNC3)c3cccnc32)cc1. The van der Waals surface area contributed by atoms with Crippen molar-refractivity contribution in [3.05, 3.63) is 53.9 Å². The van der Waals surface area contributed by atoms with Gasteiger partial charge >= 0.3 is 0 Å². The minimum absolute atomic E-state index is 0.0206. The van der Waals surface area contributed by atoms with E-state index in [-0.39, 0.29) is 5.91 Å². The molecule has 0 aliphatic carbocycles. The quantitative estimate of drug-likeness (QED) is 0.643. The van der Waals surface area contributed by atoms with E-state index >= 15 is 0 Å². The summed E-state index contributed by atoms with van der Waals surface area (Å²) in [4.78, 5) is 18.9. The van der Waals surface area contributed by atoms with Crippen LogP contribution in [0, 0.1) is 0 Å². The van der Waals surface area contributed by atoms with Crippen LogP contribution in [0.25, 0.3) is 11.0 Å². The summed E-state index contributed by atoms with van der Waals surface area (Å²) in [5.41, 5.74) is 4.14. The molecule has 2 aromatic heterocycles. The number of rotatable bonds is 7. The van der Waals surface area contributed by atoms with E-state index in [2.05, 4.69) is 21.7 Å². The molecular formula is C22H28N6O. The van der Waals surface area contributed by atoms with E-state index in [0.717, 1.165) is 47.5 Å². The maximum Gasteiger partial charge on any atom is 0.224 e. The second-order valence-electron chi connectivity index (χ2n) is 7.76. The third kappa shape index (κ3) is 4.40. The predicted molar refractivity (Wildman–Crippen MR) is 115 cm³/mol. The average Bonchev–Trinajstić information content (AvgIpc) is 3.37. The first-order chi connectivity index (χ1) is 14.1. The summed E-state index contributed by atoms with van der Waals surface area (Å²) in [6, 6.07) is 12.1. The van der Waals surface area contributed by atoms with Crippen LogP contribution in [0.2, 0.25) is 0 Å². The number of amides is 1. The van der Waals surface area contributed by atoms with E-state index in [1.54, 1.807) is 6.20 Å². The Morgan fingerprint density at radius 1 is 1.28 bits per heavy atom. The topological polar surface area (TPSA) is 75.1 Å². The Balaban J connectivity index is 1.36. The summed E-state index contributed by atoms with van der Waals surface area (Å²) < 4.78 is 1.93. The monoisotopic (exact) mass is 392 g/mol. The van der Waals surface area contributed by atoms with E-state index in [1.165, 1.54) is 0 Å². The lowest BCUT2D eigenvalue weighted by Crippen LogP contribution is -2.29. The van der Waals surface area contributed by atoms with E-state index in [4.69, 9.17) is 5.10 Å². The van der Waals surface area contributed by atoms with Crippen LogP contribution in [0.3, 0.4) is 0 Å². The number of aromatic nitrogens is 3. The highest BCUT2D eigenvalue weighted by molar-refractivity contribution is 5.79. The maximum atomic E-state index is 12.3. The highest BCUT2D eigenvalue weighted by Gasteiger charge is 2.23. The van der Waals surface area contributed by atoms with Crippen LogP contribution in [0.15, 0.2) is 42.6 Å². The van der Waals surface area contributed by atoms with Gasteiger partial charge in [-0.05, 0) is 42.8 Å². The summed E-state index contributed by atoms with van der Waals surface area (Å²) >= 11 is 0. The van der Waals surface area contributed by atoms with Crippen molar-refractivity contribution in [2.24, 2.45) is 0 Å². The fraction of sp³-hybridized carbons (Fsp3) is 0.409. The van der Waals surface area contributed by atoms with Crippen LogP contribution in [-0.4, -0.2) is 54.4 Å². The molecule has 152 valence electrons. The molecule has 1 atom stereocenters. The van der Waals surface area contributed by atoms with Crippen molar-refractivity contribution in [1.82, 2.24) is 25.4 Å². The smallest absolute Gasteiger partial charge is 0.224 e. The molecule has 0 radical (unpaired) electrons. The van der Waals surface area contributed by atoms with E-state index in [0.29, 0.717) is 25.4 Å². The number of nitrogens with one attached hydrogen (secondary N) is 2. The fourth-order valence-electron chi connectivity index (χ4n) is 3.84. The molecular weight excluding hydrogens is 364 g/mol. The molecule has 0 saturated carbocycles. The molecule has 1 saturated heterocycles. The van der Waals surface area contributed by atoms with Gasteiger partial charge in [0.1, 0.15) is 0 Å². The van der Waals surface area contributed by atoms with Crippen LogP contribution in [0.4, 0.5) is 5.69 Å². The highest BCUT2D eigenvalue weighted by atomic mass is 16.1. The molecule has 1 aliphatic heterocycles. The number of anilines is 1. The molecule has 1 amide bonds. The number of fused-ring (bicyclic) bond motifs is 1. The average molecular weight is 393 g/mol. The summed E-state index contributed by atoms with van der Waals surface area (Å²) in [7, 11) is 4.01. The molecule has 1 aliphatic rings. The zero-order chi connectivity index (χ0) is 20.2. The van der Waals surface area contributed by atoms with Crippen molar-refractivity contribution >= 4 is 22.6 Å². The van der Waals surface area contributed by atoms with Crippen LogP contribution in [0.5, 0.6) is 0 Å². The third-order valence-corrected chi connectivity index (χ3v) is 5.45. The Labute approximate surface area is 171 Å². The number of pyridine rings is 1. The van der Waals surface area contributed by atoms with Crippen molar-refractivity contribution in [1.29, 1.82) is 0 Å². The van der Waals surface area contributed by atoms with E-state index < -0.39 is 0 Å². The third-order valence-electron chi connectivity index (χ3n) is 5.45. The van der Waals surface area contributed by atoms with Gasteiger partial charge in [-0.1, -0.05) is 12.1 Å². The highest BCUT2D eigenvalue weighted by Crippen LogP contribution is 2.27. The molecule has 7 heteroatoms. The number of nitrogens with zero attached hydrogens (tertiary/aromatic N) is 4. The van der Waals surface area contributed by atoms with Gasteiger partial charge in [-0.25, -0.2) is 9.67 Å². The van der Waals surface area contributed by atoms with Gasteiger partial charge in [-0.2, -0.15) is 5.10 Å². The molecule has 7 nitrogen and oxygen atoms in total. The Hall–Kier alpha value is -2.93. The summed E-state index contributed by atoms with van der Waals surface area (Å²) in [6.45, 7) is 3.14. The zero-order valence-corrected chi connectivity index (χ0v) is 17.1. The van der Waals surface area contributed by atoms with E-state index in [1.807, 2.05) is 54.0 Å². The minimum Gasteiger partial charge on any atom is -0.378 e. The van der Waals surface area contributed by atoms with Gasteiger partial charge in [-0.3, -0.25) is 4.79 Å². The molecule has 0 spiro atoms. The van der Waals surface area contributed by atoms with Gasteiger partial charge in [0, 0.05) is 50.4 Å². The summed E-state index contributed by atoms with van der Waals surface area (Å²) in [6.07, 6.45) is 3.28. The number of benzene rings is 1. The van der Waals surface area contributed by atoms with Gasteiger partial charge in [0.25, 0.3) is 0 Å². The van der Waals surface area contributed by atoms with Crippen LogP contribution in [-0.2, 0) is 17.8 Å². The molecule has 0 bridgehead atoms. The van der Waals surface area contributed by atoms with Gasteiger partial charge in [0.05, 0.1) is 18.7 Å². The Bertz CT molecular complexity index is 973. The molecule has 0 unspecified atom stereocenters. The molecule has 1 aromatic carbocycles. The van der Waals surface area contributed by atoms with Crippen molar-refractivity contribution in [3.8, 4) is 0 Å². The number of hydrogen-bond acceptors (Lipinski definition) is 5. The molecule has 4 rings (SSSR count). The predicted octanol–water partition coefficient (Wildman–Crippen LogP) is 1.93. The lowest BCUT2D eigenvalue weighted by atomic mass is 10.0. The van der Waals surface area contributed by atoms with Crippen molar-refractivity contribution in [2.45, 2.75) is 25.3 Å². The van der Waals surface area contributed by atoms with Gasteiger partial charge in [-0.15, -0.1) is 0 Å². The van der Waals surface area contributed by atoms with Gasteiger partial charge in [0.2, 0.25) is 5.91 Å². The molecule has 2 N–H and O–H groups in total. The first kappa shape index (κ1) is 19.4. The standard InChI is InChI=1S/C22H28N6O/c1-27(2)18-7-5-16(6-8-18)14-20(29)24-12-13-28-22-19(4-3-10-25-22)21(26-28)17-9-11-23-15-17/h3-8,10,17,23H,9,11-15H2,1-2H3,(H,24,29)/t17-/m0/s1. The Kier molecular flexibility index (Phi) is 5.76. The first-order valence-corrected chi connectivity index (χ1v) is 10.2. The zero-order valence-electron chi connectivity index (χ0n) is 17.1. The Morgan fingerprint density at radius 2 is 2.10 bits per heavy atom. The molecule has 3 aromatic rings. The normalized spacial score (nSPS) is 16.3. The van der Waals surface area contributed by atoms with Crippen molar-refractivity contribution < 1.29 is 4.79 Å². The van der Waals surface area contributed by atoms with Crippen LogP contribution >= 0.6 is 0 Å². The second-order valence-corrected chi connectivity index (χ2v) is 7.76. The van der Waals surface area contributed by atoms with Crippen LogP contribution in [0.1, 0.15) is 23.6 Å². The number of hydrogen-bond donors (Lipinski definition) is 2. The Morgan fingerprint density at radius 3 is 2.83 bits per heavy atom. The fourth-order valence-corrected chi connectivity index (χ4v) is 3.84. The lowest BCUT2D eigenvalue weighted by molar-refractivity contribution is -0.120. The molecule has 1 fully saturated rings. The molecule has 3 heterocycles. The minimum atomic E-state index is 0.0206. The largest absolute Gasteiger partial charge is 0.378 e.